The lowest BCUT2D eigenvalue weighted by molar-refractivity contribution is 0.247. The Balaban J connectivity index is 2.06. The average molecular weight is 311 g/mol. The Morgan fingerprint density at radius 1 is 1.52 bits per heavy atom. The first kappa shape index (κ1) is 16.5. The maximum absolute atomic E-state index is 6.26. The van der Waals surface area contributed by atoms with Crippen molar-refractivity contribution in [1.82, 2.24) is 15.2 Å². The van der Waals surface area contributed by atoms with Crippen molar-refractivity contribution in [2.75, 3.05) is 38.6 Å². The number of nitrogens with zero attached hydrogens (tertiary/aromatic N) is 3. The Hall–Kier alpha value is -0.840. The molecule has 0 amide bonds. The standard InChI is InChI=1S/C16H27ClN4/c1-4-7-18-10-13-9-16(19-11-15(13)17)21(3)14-6-5-8-20(2)12-14/h9,11,14,18H,4-8,10,12H2,1-3H3. The molecule has 0 spiro atoms. The van der Waals surface area contributed by atoms with Gasteiger partial charge in [-0.15, -0.1) is 0 Å². The van der Waals surface area contributed by atoms with Gasteiger partial charge in [-0.2, -0.15) is 0 Å². The number of likely N-dealkylation sites (N-methyl/N-ethyl adjacent to an activating group) is 2. The third-order valence-electron chi connectivity index (χ3n) is 4.17. The smallest absolute Gasteiger partial charge is 0.128 e. The molecule has 1 aromatic rings. The molecule has 0 bridgehead atoms. The zero-order valence-electron chi connectivity index (χ0n) is 13.4. The van der Waals surface area contributed by atoms with E-state index in [0.717, 1.165) is 42.5 Å². The van der Waals surface area contributed by atoms with Gasteiger partial charge in [-0.1, -0.05) is 18.5 Å². The summed E-state index contributed by atoms with van der Waals surface area (Å²) >= 11 is 6.26. The third-order valence-corrected chi connectivity index (χ3v) is 4.51. The van der Waals surface area contributed by atoms with Crippen molar-refractivity contribution in [2.45, 2.75) is 38.8 Å². The molecular weight excluding hydrogens is 284 g/mol. The molecule has 0 aromatic carbocycles. The van der Waals surface area contributed by atoms with E-state index in [4.69, 9.17) is 11.6 Å². The number of piperidine rings is 1. The molecule has 1 aromatic heterocycles. The fourth-order valence-electron chi connectivity index (χ4n) is 2.84. The van der Waals surface area contributed by atoms with Gasteiger partial charge in [0.1, 0.15) is 5.82 Å². The molecular formula is C16H27ClN4. The summed E-state index contributed by atoms with van der Waals surface area (Å²) in [6, 6.07) is 2.66. The van der Waals surface area contributed by atoms with Crippen LogP contribution in [0.2, 0.25) is 5.02 Å². The van der Waals surface area contributed by atoms with Crippen molar-refractivity contribution in [3.05, 3.63) is 22.8 Å². The number of pyridine rings is 1. The van der Waals surface area contributed by atoms with Crippen molar-refractivity contribution in [3.8, 4) is 0 Å². The predicted octanol–water partition coefficient (Wildman–Crippen LogP) is 2.77. The summed E-state index contributed by atoms with van der Waals surface area (Å²) in [5.41, 5.74) is 1.13. The predicted molar refractivity (Wildman–Crippen MR) is 90.2 cm³/mol. The minimum absolute atomic E-state index is 0.536. The molecule has 1 aliphatic heterocycles. The summed E-state index contributed by atoms with van der Waals surface area (Å²) in [4.78, 5) is 9.21. The zero-order valence-corrected chi connectivity index (χ0v) is 14.2. The minimum Gasteiger partial charge on any atom is -0.355 e. The molecule has 21 heavy (non-hydrogen) atoms. The van der Waals surface area contributed by atoms with Gasteiger partial charge in [0.15, 0.2) is 0 Å². The quantitative estimate of drug-likeness (QED) is 0.819. The van der Waals surface area contributed by atoms with Crippen LogP contribution in [0.4, 0.5) is 5.82 Å². The van der Waals surface area contributed by atoms with Crippen LogP contribution in [-0.2, 0) is 6.54 Å². The van der Waals surface area contributed by atoms with Crippen molar-refractivity contribution >= 4 is 17.4 Å². The Morgan fingerprint density at radius 3 is 3.05 bits per heavy atom. The molecule has 1 aliphatic rings. The highest BCUT2D eigenvalue weighted by Gasteiger charge is 2.22. The van der Waals surface area contributed by atoms with Crippen LogP contribution < -0.4 is 10.2 Å². The summed E-state index contributed by atoms with van der Waals surface area (Å²) in [6.45, 7) is 6.28. The van der Waals surface area contributed by atoms with E-state index < -0.39 is 0 Å². The number of anilines is 1. The summed E-state index contributed by atoms with van der Waals surface area (Å²) in [5, 5.41) is 4.15. The fraction of sp³-hybridized carbons (Fsp3) is 0.688. The van der Waals surface area contributed by atoms with Crippen molar-refractivity contribution < 1.29 is 0 Å². The van der Waals surface area contributed by atoms with Gasteiger partial charge in [-0.3, -0.25) is 0 Å². The van der Waals surface area contributed by atoms with Gasteiger partial charge in [0.25, 0.3) is 0 Å². The fourth-order valence-corrected chi connectivity index (χ4v) is 3.01. The highest BCUT2D eigenvalue weighted by atomic mass is 35.5. The monoisotopic (exact) mass is 310 g/mol. The molecule has 1 atom stereocenters. The molecule has 1 fully saturated rings. The van der Waals surface area contributed by atoms with Crippen LogP contribution in [0.25, 0.3) is 0 Å². The summed E-state index contributed by atoms with van der Waals surface area (Å²) in [7, 11) is 4.33. The molecule has 5 heteroatoms. The lowest BCUT2D eigenvalue weighted by Crippen LogP contribution is -2.45. The Kier molecular flexibility index (Phi) is 6.27. The van der Waals surface area contributed by atoms with Gasteiger partial charge in [-0.25, -0.2) is 4.98 Å². The lowest BCUT2D eigenvalue weighted by Gasteiger charge is -2.36. The van der Waals surface area contributed by atoms with E-state index in [1.807, 2.05) is 0 Å². The van der Waals surface area contributed by atoms with Crippen molar-refractivity contribution in [1.29, 1.82) is 0 Å². The molecule has 2 rings (SSSR count). The SMILES string of the molecule is CCCNCc1cc(N(C)C2CCCN(C)C2)ncc1Cl. The number of hydrogen-bond acceptors (Lipinski definition) is 4. The topological polar surface area (TPSA) is 31.4 Å². The van der Waals surface area contributed by atoms with Gasteiger partial charge in [0.2, 0.25) is 0 Å². The van der Waals surface area contributed by atoms with Gasteiger partial charge in [0.05, 0.1) is 5.02 Å². The van der Waals surface area contributed by atoms with E-state index in [1.165, 1.54) is 19.4 Å². The van der Waals surface area contributed by atoms with Crippen LogP contribution in [0.5, 0.6) is 0 Å². The number of hydrogen-bond donors (Lipinski definition) is 1. The third kappa shape index (κ3) is 4.56. The van der Waals surface area contributed by atoms with E-state index in [0.29, 0.717) is 6.04 Å². The summed E-state index contributed by atoms with van der Waals surface area (Å²) in [6.07, 6.45) is 5.39. The molecule has 118 valence electrons. The molecule has 2 heterocycles. The van der Waals surface area contributed by atoms with Crippen LogP contribution in [-0.4, -0.2) is 49.7 Å². The lowest BCUT2D eigenvalue weighted by atomic mass is 10.0. The largest absolute Gasteiger partial charge is 0.355 e. The van der Waals surface area contributed by atoms with Crippen LogP contribution >= 0.6 is 11.6 Å². The summed E-state index contributed by atoms with van der Waals surface area (Å²) < 4.78 is 0. The maximum atomic E-state index is 6.26. The normalized spacial score (nSPS) is 19.7. The molecule has 1 unspecified atom stereocenters. The first-order valence-electron chi connectivity index (χ1n) is 7.88. The highest BCUT2D eigenvalue weighted by molar-refractivity contribution is 6.31. The number of halogens is 1. The maximum Gasteiger partial charge on any atom is 0.128 e. The number of aromatic nitrogens is 1. The second-order valence-corrected chi connectivity index (χ2v) is 6.39. The molecule has 0 saturated carbocycles. The Bertz CT molecular complexity index is 452. The number of nitrogens with one attached hydrogen (secondary N) is 1. The first-order valence-corrected chi connectivity index (χ1v) is 8.26. The average Bonchev–Trinajstić information content (AvgIpc) is 2.48. The van der Waals surface area contributed by atoms with Gasteiger partial charge >= 0.3 is 0 Å². The van der Waals surface area contributed by atoms with Gasteiger partial charge in [0, 0.05) is 32.4 Å². The number of likely N-dealkylation sites (tertiary alicyclic amines) is 1. The van der Waals surface area contributed by atoms with Gasteiger partial charge < -0.3 is 15.1 Å². The number of rotatable bonds is 6. The van der Waals surface area contributed by atoms with Crippen LogP contribution in [0, 0.1) is 0 Å². The molecule has 0 radical (unpaired) electrons. The Labute approximate surface area is 133 Å². The summed E-state index contributed by atoms with van der Waals surface area (Å²) in [5.74, 6) is 1.02. The van der Waals surface area contributed by atoms with E-state index in [9.17, 15) is 0 Å². The molecule has 1 N–H and O–H groups in total. The van der Waals surface area contributed by atoms with Crippen LogP contribution in [0.15, 0.2) is 12.3 Å². The Morgan fingerprint density at radius 2 is 2.33 bits per heavy atom. The van der Waals surface area contributed by atoms with Gasteiger partial charge in [-0.05, 0) is 51.0 Å². The minimum atomic E-state index is 0.536. The second-order valence-electron chi connectivity index (χ2n) is 5.98. The first-order chi connectivity index (χ1) is 10.1. The second kappa shape index (κ2) is 7.97. The van der Waals surface area contributed by atoms with E-state index in [2.05, 4.69) is 47.2 Å². The van der Waals surface area contributed by atoms with E-state index in [1.54, 1.807) is 6.20 Å². The van der Waals surface area contributed by atoms with E-state index >= 15 is 0 Å². The van der Waals surface area contributed by atoms with E-state index in [-0.39, 0.29) is 0 Å². The highest BCUT2D eigenvalue weighted by Crippen LogP contribution is 2.23. The van der Waals surface area contributed by atoms with Crippen molar-refractivity contribution in [3.63, 3.8) is 0 Å². The zero-order chi connectivity index (χ0) is 15.2. The van der Waals surface area contributed by atoms with Crippen LogP contribution in [0.3, 0.4) is 0 Å². The molecule has 1 saturated heterocycles. The van der Waals surface area contributed by atoms with Crippen LogP contribution in [0.1, 0.15) is 31.7 Å². The molecule has 0 aliphatic carbocycles. The molecule has 4 nitrogen and oxygen atoms in total. The van der Waals surface area contributed by atoms with Crippen molar-refractivity contribution in [2.24, 2.45) is 0 Å².